The van der Waals surface area contributed by atoms with E-state index in [0.717, 1.165) is 16.7 Å². The van der Waals surface area contributed by atoms with Gasteiger partial charge in [-0.1, -0.05) is 51.1 Å². The first-order chi connectivity index (χ1) is 13.0. The second-order valence-corrected chi connectivity index (χ2v) is 8.76. The van der Waals surface area contributed by atoms with Gasteiger partial charge in [-0.25, -0.2) is 0 Å². The molecule has 0 saturated carbocycles. The standard InChI is InChI=1S/C24H29NO3/c1-7-25-19-11-9-8-10-18(19)24(28,22(25)27)14-20(26)21-15(2)12-17(13-16(21)3)23(4,5)6/h8-13,28H,7,14H2,1-6H3. The van der Waals surface area contributed by atoms with Crippen molar-refractivity contribution in [3.8, 4) is 0 Å². The van der Waals surface area contributed by atoms with Crippen LogP contribution in [0.2, 0.25) is 0 Å². The van der Waals surface area contributed by atoms with Crippen LogP contribution in [0.1, 0.15) is 66.7 Å². The minimum Gasteiger partial charge on any atom is -0.375 e. The topological polar surface area (TPSA) is 57.6 Å². The molecule has 148 valence electrons. The number of anilines is 1. The molecule has 3 rings (SSSR count). The molecular weight excluding hydrogens is 350 g/mol. The Morgan fingerprint density at radius 3 is 2.21 bits per heavy atom. The van der Waals surface area contributed by atoms with Gasteiger partial charge in [-0.3, -0.25) is 9.59 Å². The smallest absolute Gasteiger partial charge is 0.264 e. The van der Waals surface area contributed by atoms with Gasteiger partial charge in [-0.15, -0.1) is 0 Å². The number of carbonyl (C=O) groups excluding carboxylic acids is 2. The van der Waals surface area contributed by atoms with Gasteiger partial charge in [0.2, 0.25) is 0 Å². The molecule has 1 amide bonds. The summed E-state index contributed by atoms with van der Waals surface area (Å²) in [5.74, 6) is -0.634. The number of hydrogen-bond donors (Lipinski definition) is 1. The molecule has 1 atom stereocenters. The maximum Gasteiger partial charge on any atom is 0.264 e. The summed E-state index contributed by atoms with van der Waals surface area (Å²) < 4.78 is 0. The van der Waals surface area contributed by atoms with Gasteiger partial charge in [-0.2, -0.15) is 0 Å². The lowest BCUT2D eigenvalue weighted by Crippen LogP contribution is -2.41. The van der Waals surface area contributed by atoms with Crippen LogP contribution in [-0.4, -0.2) is 23.3 Å². The molecule has 1 aliphatic rings. The minimum atomic E-state index is -1.81. The van der Waals surface area contributed by atoms with E-state index in [1.807, 2.05) is 45.0 Å². The van der Waals surface area contributed by atoms with Crippen LogP contribution in [0.5, 0.6) is 0 Å². The summed E-state index contributed by atoms with van der Waals surface area (Å²) in [6, 6.07) is 11.2. The number of benzene rings is 2. The lowest BCUT2D eigenvalue weighted by molar-refractivity contribution is -0.135. The Bertz CT molecular complexity index is 932. The van der Waals surface area contributed by atoms with Crippen molar-refractivity contribution in [2.24, 2.45) is 0 Å². The molecular formula is C24H29NO3. The molecule has 1 unspecified atom stereocenters. The summed E-state index contributed by atoms with van der Waals surface area (Å²) in [6.45, 7) is 12.6. The van der Waals surface area contributed by atoms with Gasteiger partial charge in [0.15, 0.2) is 11.4 Å². The van der Waals surface area contributed by atoms with Crippen LogP contribution in [0.3, 0.4) is 0 Å². The van der Waals surface area contributed by atoms with Crippen molar-refractivity contribution >= 4 is 17.4 Å². The quantitative estimate of drug-likeness (QED) is 0.800. The number of nitrogens with zero attached hydrogens (tertiary/aromatic N) is 1. The van der Waals surface area contributed by atoms with Crippen LogP contribution < -0.4 is 4.90 Å². The molecule has 2 aromatic rings. The van der Waals surface area contributed by atoms with Crippen LogP contribution in [0.15, 0.2) is 36.4 Å². The average molecular weight is 380 g/mol. The van der Waals surface area contributed by atoms with Crippen molar-refractivity contribution in [3.05, 3.63) is 64.2 Å². The van der Waals surface area contributed by atoms with E-state index in [2.05, 4.69) is 20.8 Å². The van der Waals surface area contributed by atoms with Gasteiger partial charge in [-0.05, 0) is 48.9 Å². The van der Waals surface area contributed by atoms with E-state index in [-0.39, 0.29) is 17.6 Å². The maximum absolute atomic E-state index is 13.2. The lowest BCUT2D eigenvalue weighted by atomic mass is 9.81. The molecule has 0 spiro atoms. The fourth-order valence-corrected chi connectivity index (χ4v) is 4.15. The highest BCUT2D eigenvalue weighted by atomic mass is 16.3. The molecule has 4 heteroatoms. The van der Waals surface area contributed by atoms with Gasteiger partial charge in [0.05, 0.1) is 12.1 Å². The van der Waals surface area contributed by atoms with E-state index in [4.69, 9.17) is 0 Å². The Kier molecular flexibility index (Phi) is 4.96. The lowest BCUT2D eigenvalue weighted by Gasteiger charge is -2.24. The zero-order chi connectivity index (χ0) is 20.9. The summed E-state index contributed by atoms with van der Waals surface area (Å²) in [7, 11) is 0. The Hall–Kier alpha value is -2.46. The number of rotatable bonds is 4. The molecule has 28 heavy (non-hydrogen) atoms. The number of likely N-dealkylation sites (N-methyl/N-ethyl adjacent to an activating group) is 1. The number of hydrogen-bond acceptors (Lipinski definition) is 3. The number of fused-ring (bicyclic) bond motifs is 1. The molecule has 0 radical (unpaired) electrons. The monoisotopic (exact) mass is 379 g/mol. The van der Waals surface area contributed by atoms with E-state index in [1.165, 1.54) is 0 Å². The van der Waals surface area contributed by atoms with E-state index in [9.17, 15) is 14.7 Å². The number of Topliss-reactive ketones (excluding diaryl/α,β-unsaturated/α-hetero) is 1. The van der Waals surface area contributed by atoms with E-state index >= 15 is 0 Å². The predicted octanol–water partition coefficient (Wildman–Crippen LogP) is 4.43. The Morgan fingerprint density at radius 2 is 1.68 bits per heavy atom. The van der Waals surface area contributed by atoms with E-state index in [0.29, 0.717) is 23.4 Å². The molecule has 0 bridgehead atoms. The zero-order valence-electron chi connectivity index (χ0n) is 17.6. The van der Waals surface area contributed by atoms with E-state index in [1.54, 1.807) is 17.0 Å². The van der Waals surface area contributed by atoms with Gasteiger partial charge >= 0.3 is 0 Å². The highest BCUT2D eigenvalue weighted by Gasteiger charge is 2.50. The maximum atomic E-state index is 13.2. The molecule has 4 nitrogen and oxygen atoms in total. The molecule has 1 N–H and O–H groups in total. The first kappa shape index (κ1) is 20.3. The highest BCUT2D eigenvalue weighted by Crippen LogP contribution is 2.43. The predicted molar refractivity (Wildman–Crippen MR) is 112 cm³/mol. The number of amides is 1. The summed E-state index contributed by atoms with van der Waals surface area (Å²) in [4.78, 5) is 27.7. The number of ketones is 1. The fraction of sp³-hybridized carbons (Fsp3) is 0.417. The first-order valence-electron chi connectivity index (χ1n) is 9.79. The van der Waals surface area contributed by atoms with Gasteiger partial charge in [0.25, 0.3) is 5.91 Å². The number of aliphatic hydroxyl groups is 1. The molecule has 1 aliphatic heterocycles. The average Bonchev–Trinajstić information content (AvgIpc) is 2.81. The van der Waals surface area contributed by atoms with Gasteiger partial charge in [0, 0.05) is 17.7 Å². The second-order valence-electron chi connectivity index (χ2n) is 8.76. The first-order valence-corrected chi connectivity index (χ1v) is 9.79. The number of carbonyl (C=O) groups is 2. The third-order valence-corrected chi connectivity index (χ3v) is 5.65. The van der Waals surface area contributed by atoms with Crippen LogP contribution in [0.4, 0.5) is 5.69 Å². The molecule has 2 aromatic carbocycles. The second kappa shape index (κ2) is 6.85. The van der Waals surface area contributed by atoms with Crippen molar-refractivity contribution in [2.45, 2.75) is 59.0 Å². The van der Waals surface area contributed by atoms with E-state index < -0.39 is 11.5 Å². The van der Waals surface area contributed by atoms with Crippen LogP contribution in [-0.2, 0) is 15.8 Å². The SMILES string of the molecule is CCN1C(=O)C(O)(CC(=O)c2c(C)cc(C(C)(C)C)cc2C)c2ccccc21. The summed E-state index contributed by atoms with van der Waals surface area (Å²) in [5.41, 5.74) is 2.88. The van der Waals surface area contributed by atoms with Crippen molar-refractivity contribution in [1.29, 1.82) is 0 Å². The number of para-hydroxylation sites is 1. The Labute approximate surface area is 167 Å². The third-order valence-electron chi connectivity index (χ3n) is 5.65. The highest BCUT2D eigenvalue weighted by molar-refractivity contribution is 6.11. The normalized spacial score (nSPS) is 19.1. The third kappa shape index (κ3) is 3.16. The summed E-state index contributed by atoms with van der Waals surface area (Å²) in [6.07, 6.45) is -0.254. The zero-order valence-corrected chi connectivity index (χ0v) is 17.6. The number of aryl methyl sites for hydroxylation is 2. The van der Waals surface area contributed by atoms with Crippen molar-refractivity contribution in [2.75, 3.05) is 11.4 Å². The molecule has 1 heterocycles. The van der Waals surface area contributed by atoms with Crippen LogP contribution >= 0.6 is 0 Å². The minimum absolute atomic E-state index is 0.0166. The Balaban J connectivity index is 2.01. The molecule has 0 aliphatic carbocycles. The van der Waals surface area contributed by atoms with Crippen molar-refractivity contribution in [3.63, 3.8) is 0 Å². The largest absolute Gasteiger partial charge is 0.375 e. The summed E-state index contributed by atoms with van der Waals surface area (Å²) >= 11 is 0. The summed E-state index contributed by atoms with van der Waals surface area (Å²) in [5, 5.41) is 11.3. The van der Waals surface area contributed by atoms with Crippen LogP contribution in [0.25, 0.3) is 0 Å². The fourth-order valence-electron chi connectivity index (χ4n) is 4.15. The van der Waals surface area contributed by atoms with Gasteiger partial charge < -0.3 is 10.0 Å². The van der Waals surface area contributed by atoms with Gasteiger partial charge in [0.1, 0.15) is 0 Å². The van der Waals surface area contributed by atoms with Crippen molar-refractivity contribution in [1.82, 2.24) is 0 Å². The molecule has 0 aromatic heterocycles. The van der Waals surface area contributed by atoms with Crippen molar-refractivity contribution < 1.29 is 14.7 Å². The molecule has 0 saturated heterocycles. The van der Waals surface area contributed by atoms with Crippen LogP contribution in [0, 0.1) is 13.8 Å². The Morgan fingerprint density at radius 1 is 1.11 bits per heavy atom. The molecule has 0 fully saturated rings.